The first-order chi connectivity index (χ1) is 13.2. The van der Waals surface area contributed by atoms with Crippen molar-refractivity contribution < 1.29 is 20.1 Å². The van der Waals surface area contributed by atoms with Crippen molar-refractivity contribution in [2.24, 2.45) is 0 Å². The molecule has 1 radical (unpaired) electrons. The molecule has 137 valence electrons. The van der Waals surface area contributed by atoms with Crippen LogP contribution in [0.15, 0.2) is 67.2 Å². The molecule has 0 saturated carbocycles. The van der Waals surface area contributed by atoms with Gasteiger partial charge in [-0.3, -0.25) is 4.98 Å². The fraction of sp³-hybridized carbons (Fsp3) is 0.0385. The average Bonchev–Trinajstić information content (AvgIpc) is 3.12. The van der Waals surface area contributed by atoms with Gasteiger partial charge in [0.2, 0.25) is 0 Å². The number of nitrogens with zero attached hydrogens (tertiary/aromatic N) is 1. The van der Waals surface area contributed by atoms with Crippen LogP contribution in [-0.2, 0) is 20.1 Å². The van der Waals surface area contributed by atoms with E-state index >= 15 is 0 Å². The van der Waals surface area contributed by atoms with Gasteiger partial charge >= 0.3 is 0 Å². The van der Waals surface area contributed by atoms with Crippen LogP contribution in [-0.4, -0.2) is 4.98 Å². The number of aromatic nitrogens is 1. The number of pyridine rings is 1. The van der Waals surface area contributed by atoms with Crippen LogP contribution in [0, 0.1) is 13.0 Å². The van der Waals surface area contributed by atoms with E-state index in [2.05, 4.69) is 86.3 Å². The second-order valence-corrected chi connectivity index (χ2v) is 6.94. The van der Waals surface area contributed by atoms with E-state index in [4.69, 9.17) is 4.98 Å². The third-order valence-corrected chi connectivity index (χ3v) is 5.21. The summed E-state index contributed by atoms with van der Waals surface area (Å²) in [6.07, 6.45) is 6.21. The quantitative estimate of drug-likeness (QED) is 0.231. The third kappa shape index (κ3) is 3.05. The van der Waals surface area contributed by atoms with Gasteiger partial charge in [-0.1, -0.05) is 61.2 Å². The van der Waals surface area contributed by atoms with Gasteiger partial charge in [-0.2, -0.15) is 0 Å². The predicted octanol–water partition coefficient (Wildman–Crippen LogP) is 6.80. The van der Waals surface area contributed by atoms with Crippen LogP contribution in [0.5, 0.6) is 0 Å². The first-order valence-corrected chi connectivity index (χ1v) is 9.10. The van der Waals surface area contributed by atoms with Crippen LogP contribution >= 0.6 is 0 Å². The summed E-state index contributed by atoms with van der Waals surface area (Å²) in [7, 11) is 0. The molecule has 0 spiro atoms. The molecule has 1 aliphatic carbocycles. The summed E-state index contributed by atoms with van der Waals surface area (Å²) in [5.41, 5.74) is 10.3. The molecule has 4 aromatic rings. The van der Waals surface area contributed by atoms with Crippen molar-refractivity contribution in [2.45, 2.75) is 6.92 Å². The Balaban J connectivity index is 0.00000192. The summed E-state index contributed by atoms with van der Waals surface area (Å²) in [6, 6.07) is 24.5. The molecule has 0 atom stereocenters. The van der Waals surface area contributed by atoms with Gasteiger partial charge in [0, 0.05) is 25.5 Å². The van der Waals surface area contributed by atoms with E-state index in [1.165, 1.54) is 33.2 Å². The van der Waals surface area contributed by atoms with E-state index in [0.29, 0.717) is 0 Å². The van der Waals surface area contributed by atoms with E-state index in [-0.39, 0.29) is 20.1 Å². The van der Waals surface area contributed by atoms with E-state index in [1.807, 2.05) is 12.1 Å². The van der Waals surface area contributed by atoms with E-state index in [1.54, 1.807) is 0 Å². The van der Waals surface area contributed by atoms with Crippen LogP contribution in [0.2, 0.25) is 0 Å². The molecule has 1 nitrogen and oxygen atoms in total. The monoisotopic (exact) mass is 537 g/mol. The second-order valence-electron chi connectivity index (χ2n) is 6.94. The zero-order valence-electron chi connectivity index (χ0n) is 15.5. The number of hydrogen-bond donors (Lipinski definition) is 0. The Hall–Kier alpha value is -2.80. The van der Waals surface area contributed by atoms with Crippen molar-refractivity contribution >= 4 is 29.1 Å². The Morgan fingerprint density at radius 2 is 1.82 bits per heavy atom. The second kappa shape index (κ2) is 7.31. The molecule has 5 rings (SSSR count). The van der Waals surface area contributed by atoms with Gasteiger partial charge in [-0.25, -0.2) is 0 Å². The predicted molar refractivity (Wildman–Crippen MR) is 115 cm³/mol. The number of aryl methyl sites for hydroxylation is 1. The minimum atomic E-state index is 0. The normalized spacial score (nSPS) is 11.5. The standard InChI is InChI=1S/C26H18N.Ir/c1-3-18-10-13-23(17(2)14-18)20-7-4-8-21(15-20)25-16-22-12-11-19-6-5-9-24(27-25)26(19)22;/h3-7,9-16H,1H2,2H3;/q-1;. The number of hydrogen-bond acceptors (Lipinski definition) is 1. The molecule has 0 fully saturated rings. The minimum Gasteiger partial charge on any atom is -0.296 e. The first kappa shape index (κ1) is 18.6. The third-order valence-electron chi connectivity index (χ3n) is 5.21. The fourth-order valence-corrected chi connectivity index (χ4v) is 3.85. The van der Waals surface area contributed by atoms with Crippen molar-refractivity contribution in [1.82, 2.24) is 4.98 Å². The maximum absolute atomic E-state index is 4.91. The van der Waals surface area contributed by atoms with E-state index in [0.717, 1.165) is 22.3 Å². The van der Waals surface area contributed by atoms with E-state index in [9.17, 15) is 0 Å². The molecule has 3 aromatic carbocycles. The molecule has 2 heteroatoms. The maximum atomic E-state index is 4.91. The molecule has 0 N–H and O–H groups in total. The number of benzene rings is 3. The molecule has 0 amide bonds. The molecule has 28 heavy (non-hydrogen) atoms. The molecular weight excluding hydrogens is 519 g/mol. The minimum absolute atomic E-state index is 0. The van der Waals surface area contributed by atoms with Crippen LogP contribution in [0.4, 0.5) is 0 Å². The summed E-state index contributed by atoms with van der Waals surface area (Å²) in [5, 5.41) is 1.24. The van der Waals surface area contributed by atoms with E-state index < -0.39 is 0 Å². The molecule has 1 heterocycles. The molecule has 0 aliphatic heterocycles. The van der Waals surface area contributed by atoms with Gasteiger partial charge in [0.15, 0.2) is 0 Å². The van der Waals surface area contributed by atoms with Gasteiger partial charge in [0.1, 0.15) is 0 Å². The summed E-state index contributed by atoms with van der Waals surface area (Å²) in [4.78, 5) is 4.91. The topological polar surface area (TPSA) is 12.9 Å². The Kier molecular flexibility index (Phi) is 4.85. The molecule has 0 unspecified atom stereocenters. The van der Waals surface area contributed by atoms with Crippen LogP contribution in [0.3, 0.4) is 0 Å². The van der Waals surface area contributed by atoms with Gasteiger partial charge in [0.25, 0.3) is 0 Å². The maximum Gasteiger partial charge on any atom is 0.0607 e. The molecule has 1 aliphatic rings. The van der Waals surface area contributed by atoms with Crippen LogP contribution in [0.1, 0.15) is 22.3 Å². The molecule has 0 bridgehead atoms. The van der Waals surface area contributed by atoms with Gasteiger partial charge in [-0.15, -0.1) is 35.4 Å². The number of rotatable bonds is 3. The average molecular weight is 537 g/mol. The Morgan fingerprint density at radius 1 is 0.964 bits per heavy atom. The SMILES string of the molecule is C=Cc1ccc(-c2cc[c-]c(-c3cc4c5c(cccc5n3)C=C4)c2)c(C)c1.[Ir]. The van der Waals surface area contributed by atoms with Crippen molar-refractivity contribution in [1.29, 1.82) is 0 Å². The largest absolute Gasteiger partial charge is 0.296 e. The first-order valence-electron chi connectivity index (χ1n) is 9.10. The summed E-state index contributed by atoms with van der Waals surface area (Å²) < 4.78 is 0. The summed E-state index contributed by atoms with van der Waals surface area (Å²) in [5.74, 6) is 0. The summed E-state index contributed by atoms with van der Waals surface area (Å²) >= 11 is 0. The van der Waals surface area contributed by atoms with Crippen molar-refractivity contribution in [3.63, 3.8) is 0 Å². The Bertz CT molecular complexity index is 1250. The zero-order chi connectivity index (χ0) is 18.4. The smallest absolute Gasteiger partial charge is 0.0607 e. The Labute approximate surface area is 178 Å². The van der Waals surface area contributed by atoms with Crippen molar-refractivity contribution in [3.05, 3.63) is 95.6 Å². The van der Waals surface area contributed by atoms with Gasteiger partial charge in [-0.05, 0) is 46.5 Å². The molecule has 0 saturated heterocycles. The zero-order valence-corrected chi connectivity index (χ0v) is 17.9. The van der Waals surface area contributed by atoms with Crippen LogP contribution in [0.25, 0.3) is 51.5 Å². The van der Waals surface area contributed by atoms with Crippen LogP contribution < -0.4 is 0 Å². The van der Waals surface area contributed by atoms with Gasteiger partial charge < -0.3 is 0 Å². The molecular formula is C26H18IrN-. The molecule has 1 aromatic heterocycles. The Morgan fingerprint density at radius 3 is 2.64 bits per heavy atom. The summed E-state index contributed by atoms with van der Waals surface area (Å²) in [6.45, 7) is 5.99. The van der Waals surface area contributed by atoms with Gasteiger partial charge in [0.05, 0.1) is 5.52 Å². The fourth-order valence-electron chi connectivity index (χ4n) is 3.85. The van der Waals surface area contributed by atoms with Crippen molar-refractivity contribution in [2.75, 3.05) is 0 Å². The van der Waals surface area contributed by atoms with Crippen molar-refractivity contribution in [3.8, 4) is 22.4 Å².